The van der Waals surface area contributed by atoms with E-state index in [1.54, 1.807) is 0 Å². The second-order valence-corrected chi connectivity index (χ2v) is 3.91. The molecule has 1 aromatic heterocycles. The lowest BCUT2D eigenvalue weighted by atomic mass is 10.1. The number of benzene rings is 1. The predicted molar refractivity (Wildman–Crippen MR) is 72.3 cm³/mol. The predicted octanol–water partition coefficient (Wildman–Crippen LogP) is 0.176. The van der Waals surface area contributed by atoms with Gasteiger partial charge in [-0.1, -0.05) is 0 Å². The van der Waals surface area contributed by atoms with Crippen molar-refractivity contribution in [3.8, 4) is 0 Å². The van der Waals surface area contributed by atoms with Gasteiger partial charge in [0.05, 0.1) is 11.1 Å². The van der Waals surface area contributed by atoms with E-state index in [0.29, 0.717) is 0 Å². The summed E-state index contributed by atoms with van der Waals surface area (Å²) in [4.78, 5) is 33.0. The van der Waals surface area contributed by atoms with Crippen molar-refractivity contribution in [2.24, 2.45) is 0 Å². The van der Waals surface area contributed by atoms with Crippen LogP contribution in [0.25, 0.3) is 0 Å². The Kier molecular flexibility index (Phi) is 3.52. The average molecular weight is 290 g/mol. The van der Waals surface area contributed by atoms with E-state index in [2.05, 4.69) is 20.3 Å². The minimum Gasteiger partial charge on any atom is -0.478 e. The smallest absolute Gasteiger partial charge is 0.335 e. The van der Waals surface area contributed by atoms with Crippen LogP contribution in [0.3, 0.4) is 0 Å². The van der Waals surface area contributed by atoms with Crippen molar-refractivity contribution in [2.45, 2.75) is 0 Å². The molecule has 2 rings (SSSR count). The number of nitrogens with two attached hydrogens (primary N) is 2. The molecule has 2 aromatic rings. The zero-order valence-electron chi connectivity index (χ0n) is 10.4. The summed E-state index contributed by atoms with van der Waals surface area (Å²) in [6.45, 7) is 0. The summed E-state index contributed by atoms with van der Waals surface area (Å²) in [7, 11) is 0. The minimum atomic E-state index is -1.27. The molecule has 0 saturated heterocycles. The van der Waals surface area contributed by atoms with Gasteiger partial charge in [0, 0.05) is 5.69 Å². The molecule has 21 heavy (non-hydrogen) atoms. The molecule has 0 spiro atoms. The maximum absolute atomic E-state index is 11.0. The molecule has 10 heteroatoms. The van der Waals surface area contributed by atoms with Crippen molar-refractivity contribution in [1.29, 1.82) is 0 Å². The Hall–Kier alpha value is -3.43. The van der Waals surface area contributed by atoms with E-state index in [1.807, 2.05) is 0 Å². The number of aromatic nitrogens is 3. The number of carboxylic acid groups (broad SMARTS) is 2. The molecule has 0 fully saturated rings. The van der Waals surface area contributed by atoms with Crippen LogP contribution in [-0.4, -0.2) is 37.1 Å². The SMILES string of the molecule is Nc1nc(N)nc(Nc2cc(C(=O)O)cc(C(=O)O)c2)n1. The highest BCUT2D eigenvalue weighted by atomic mass is 16.4. The summed E-state index contributed by atoms with van der Waals surface area (Å²) in [5.41, 5.74) is 10.6. The lowest BCUT2D eigenvalue weighted by Gasteiger charge is -2.08. The molecule has 1 aromatic carbocycles. The van der Waals surface area contributed by atoms with Gasteiger partial charge in [-0.25, -0.2) is 9.59 Å². The van der Waals surface area contributed by atoms with Crippen LogP contribution in [0.4, 0.5) is 23.5 Å². The summed E-state index contributed by atoms with van der Waals surface area (Å²) in [5, 5.41) is 20.6. The summed E-state index contributed by atoms with van der Waals surface area (Å²) in [6.07, 6.45) is 0. The molecule has 7 N–H and O–H groups in total. The van der Waals surface area contributed by atoms with Crippen LogP contribution in [0.1, 0.15) is 20.7 Å². The van der Waals surface area contributed by atoms with Crippen LogP contribution in [0, 0.1) is 0 Å². The van der Waals surface area contributed by atoms with Crippen LogP contribution in [-0.2, 0) is 0 Å². The fourth-order valence-electron chi connectivity index (χ4n) is 1.54. The first-order chi connectivity index (χ1) is 9.85. The third kappa shape index (κ3) is 3.32. The molecule has 0 unspecified atom stereocenters. The number of carbonyl (C=O) groups is 2. The Bertz CT molecular complexity index is 680. The van der Waals surface area contributed by atoms with Gasteiger partial charge in [-0.15, -0.1) is 0 Å². The van der Waals surface area contributed by atoms with Crippen LogP contribution in [0.2, 0.25) is 0 Å². The van der Waals surface area contributed by atoms with Gasteiger partial charge in [-0.2, -0.15) is 15.0 Å². The highest BCUT2D eigenvalue weighted by Gasteiger charge is 2.12. The topological polar surface area (TPSA) is 177 Å². The van der Waals surface area contributed by atoms with E-state index in [9.17, 15) is 9.59 Å². The number of aromatic carboxylic acids is 2. The highest BCUT2D eigenvalue weighted by molar-refractivity contribution is 5.95. The van der Waals surface area contributed by atoms with Crippen molar-refractivity contribution in [3.05, 3.63) is 29.3 Å². The van der Waals surface area contributed by atoms with Gasteiger partial charge in [0.2, 0.25) is 17.8 Å². The maximum atomic E-state index is 11.0. The van der Waals surface area contributed by atoms with Gasteiger partial charge >= 0.3 is 11.9 Å². The van der Waals surface area contributed by atoms with Crippen molar-refractivity contribution in [2.75, 3.05) is 16.8 Å². The lowest BCUT2D eigenvalue weighted by molar-refractivity contribution is 0.0696. The third-order valence-electron chi connectivity index (χ3n) is 2.35. The highest BCUT2D eigenvalue weighted by Crippen LogP contribution is 2.19. The third-order valence-corrected chi connectivity index (χ3v) is 2.35. The number of hydrogen-bond donors (Lipinski definition) is 5. The van der Waals surface area contributed by atoms with Gasteiger partial charge < -0.3 is 27.0 Å². The second-order valence-electron chi connectivity index (χ2n) is 3.91. The van der Waals surface area contributed by atoms with Crippen molar-refractivity contribution >= 4 is 35.5 Å². The molecule has 1 heterocycles. The first kappa shape index (κ1) is 14.0. The van der Waals surface area contributed by atoms with Gasteiger partial charge in [-0.05, 0) is 18.2 Å². The van der Waals surface area contributed by atoms with E-state index < -0.39 is 11.9 Å². The number of nitrogen functional groups attached to an aromatic ring is 2. The number of carboxylic acids is 2. The molecule has 0 atom stereocenters. The number of hydrogen-bond acceptors (Lipinski definition) is 8. The Morgan fingerprint density at radius 3 is 1.81 bits per heavy atom. The van der Waals surface area contributed by atoms with Crippen LogP contribution in [0.5, 0.6) is 0 Å². The number of rotatable bonds is 4. The zero-order chi connectivity index (χ0) is 15.6. The fraction of sp³-hybridized carbons (Fsp3) is 0. The normalized spacial score (nSPS) is 10.1. The van der Waals surface area contributed by atoms with Crippen LogP contribution < -0.4 is 16.8 Å². The van der Waals surface area contributed by atoms with E-state index in [0.717, 1.165) is 6.07 Å². The van der Waals surface area contributed by atoms with Crippen molar-refractivity contribution in [1.82, 2.24) is 15.0 Å². The first-order valence-electron chi connectivity index (χ1n) is 5.51. The van der Waals surface area contributed by atoms with Gasteiger partial charge in [0.15, 0.2) is 0 Å². The average Bonchev–Trinajstić information content (AvgIpc) is 2.36. The summed E-state index contributed by atoms with van der Waals surface area (Å²) < 4.78 is 0. The molecule has 0 aliphatic rings. The lowest BCUT2D eigenvalue weighted by Crippen LogP contribution is -2.08. The van der Waals surface area contributed by atoms with Crippen molar-refractivity contribution < 1.29 is 19.8 Å². The Morgan fingerprint density at radius 1 is 0.905 bits per heavy atom. The second kappa shape index (κ2) is 5.28. The van der Waals surface area contributed by atoms with E-state index in [4.69, 9.17) is 21.7 Å². The van der Waals surface area contributed by atoms with Crippen molar-refractivity contribution in [3.63, 3.8) is 0 Å². The molecule has 0 amide bonds. The molecule has 0 aliphatic carbocycles. The fourth-order valence-corrected chi connectivity index (χ4v) is 1.54. The zero-order valence-corrected chi connectivity index (χ0v) is 10.4. The summed E-state index contributed by atoms with van der Waals surface area (Å²) >= 11 is 0. The Balaban J connectivity index is 2.43. The van der Waals surface area contributed by atoms with Gasteiger partial charge in [-0.3, -0.25) is 0 Å². The molecule has 0 saturated carbocycles. The summed E-state index contributed by atoms with van der Waals surface area (Å²) in [5.74, 6) is -2.82. The largest absolute Gasteiger partial charge is 0.478 e. The maximum Gasteiger partial charge on any atom is 0.335 e. The summed E-state index contributed by atoms with van der Waals surface area (Å²) in [6, 6.07) is 3.49. The van der Waals surface area contributed by atoms with Crippen LogP contribution in [0.15, 0.2) is 18.2 Å². The molecule has 108 valence electrons. The van der Waals surface area contributed by atoms with Crippen LogP contribution >= 0.6 is 0 Å². The molecule has 0 radical (unpaired) electrons. The number of anilines is 4. The molecular formula is C11H10N6O4. The monoisotopic (exact) mass is 290 g/mol. The number of nitrogens with one attached hydrogen (secondary N) is 1. The minimum absolute atomic E-state index is 0.0288. The molecule has 0 bridgehead atoms. The van der Waals surface area contributed by atoms with Gasteiger partial charge in [0.25, 0.3) is 0 Å². The molecule has 0 aliphatic heterocycles. The number of nitrogens with zero attached hydrogens (tertiary/aromatic N) is 3. The van der Waals surface area contributed by atoms with E-state index in [-0.39, 0.29) is 34.7 Å². The molecule has 10 nitrogen and oxygen atoms in total. The molecular weight excluding hydrogens is 280 g/mol. The van der Waals surface area contributed by atoms with E-state index >= 15 is 0 Å². The Morgan fingerprint density at radius 2 is 1.38 bits per heavy atom. The standard InChI is InChI=1S/C11H10N6O4/c12-9-15-10(13)17-11(16-9)14-6-2-4(7(18)19)1-5(3-6)8(20)21/h1-3H,(H,18,19)(H,20,21)(H5,12,13,14,15,16,17). The van der Waals surface area contributed by atoms with Gasteiger partial charge in [0.1, 0.15) is 0 Å². The quantitative estimate of drug-likeness (QED) is 0.521. The Labute approximate surface area is 117 Å². The first-order valence-corrected chi connectivity index (χ1v) is 5.51. The van der Waals surface area contributed by atoms with E-state index in [1.165, 1.54) is 12.1 Å².